The zero-order valence-corrected chi connectivity index (χ0v) is 17.9. The lowest BCUT2D eigenvalue weighted by Gasteiger charge is -2.32. The van der Waals surface area contributed by atoms with Crippen molar-refractivity contribution in [2.75, 3.05) is 31.5 Å². The zero-order valence-electron chi connectivity index (χ0n) is 17.1. The second-order valence-electron chi connectivity index (χ2n) is 8.62. The van der Waals surface area contributed by atoms with Gasteiger partial charge in [-0.1, -0.05) is 0 Å². The highest BCUT2D eigenvalue weighted by Gasteiger charge is 2.23. The second kappa shape index (κ2) is 8.10. The topological polar surface area (TPSA) is 70.2 Å². The van der Waals surface area contributed by atoms with Crippen molar-refractivity contribution in [3.8, 4) is 0 Å². The highest BCUT2D eigenvalue weighted by Crippen LogP contribution is 2.29. The number of anilines is 1. The lowest BCUT2D eigenvalue weighted by atomic mass is 9.96. The summed E-state index contributed by atoms with van der Waals surface area (Å²) in [7, 11) is 0. The summed E-state index contributed by atoms with van der Waals surface area (Å²) in [6.45, 7) is 13.5. The Morgan fingerprint density at radius 3 is 2.63 bits per heavy atom. The van der Waals surface area contributed by atoms with Crippen LogP contribution in [0.2, 0.25) is 0 Å². The Morgan fingerprint density at radius 2 is 1.96 bits per heavy atom. The van der Waals surface area contributed by atoms with E-state index in [1.54, 1.807) is 11.3 Å². The molecule has 2 aromatic rings. The Hall–Kier alpha value is -1.73. The van der Waals surface area contributed by atoms with E-state index in [9.17, 15) is 4.79 Å². The number of hydrogen-bond acceptors (Lipinski definition) is 6. The van der Waals surface area contributed by atoms with Crippen LogP contribution in [0.25, 0.3) is 10.2 Å². The Labute approximate surface area is 165 Å². The molecule has 0 atom stereocenters. The van der Waals surface area contributed by atoms with E-state index in [2.05, 4.69) is 37.8 Å². The summed E-state index contributed by atoms with van der Waals surface area (Å²) in [5.74, 6) is 2.50. The van der Waals surface area contributed by atoms with Gasteiger partial charge in [0.25, 0.3) is 0 Å². The first-order valence-corrected chi connectivity index (χ1v) is 10.6. The molecule has 1 aliphatic rings. The summed E-state index contributed by atoms with van der Waals surface area (Å²) in [5.41, 5.74) is 1.07. The Bertz CT molecular complexity index is 803. The van der Waals surface area contributed by atoms with E-state index in [0.717, 1.165) is 54.3 Å². The van der Waals surface area contributed by atoms with Crippen LogP contribution < -0.4 is 10.6 Å². The first-order chi connectivity index (χ1) is 12.7. The lowest BCUT2D eigenvalue weighted by Crippen LogP contribution is -2.47. The molecule has 1 aliphatic heterocycles. The van der Waals surface area contributed by atoms with E-state index in [1.807, 2.05) is 27.7 Å². The number of thiophene rings is 1. The SMILES string of the molecule is Cc1nc(NCC2CCN(CC(=O)NC(C)(C)C)CC2)c2c(C)csc2n1. The molecule has 1 fully saturated rings. The van der Waals surface area contributed by atoms with Crippen molar-refractivity contribution in [2.45, 2.75) is 53.0 Å². The third-order valence-electron chi connectivity index (χ3n) is 4.88. The van der Waals surface area contributed by atoms with E-state index < -0.39 is 0 Å². The molecule has 0 unspecified atom stereocenters. The molecule has 0 radical (unpaired) electrons. The van der Waals surface area contributed by atoms with Crippen LogP contribution >= 0.6 is 11.3 Å². The first kappa shape index (κ1) is 20.0. The monoisotopic (exact) mass is 389 g/mol. The van der Waals surface area contributed by atoms with Crippen LogP contribution in [-0.2, 0) is 4.79 Å². The van der Waals surface area contributed by atoms with Crippen LogP contribution in [0.1, 0.15) is 45.0 Å². The van der Waals surface area contributed by atoms with Crippen molar-refractivity contribution in [1.82, 2.24) is 20.2 Å². The third kappa shape index (κ3) is 5.39. The molecule has 3 heterocycles. The van der Waals surface area contributed by atoms with Crippen LogP contribution in [0, 0.1) is 19.8 Å². The van der Waals surface area contributed by atoms with E-state index >= 15 is 0 Å². The summed E-state index contributed by atoms with van der Waals surface area (Å²) < 4.78 is 0. The highest BCUT2D eigenvalue weighted by molar-refractivity contribution is 7.17. The predicted octanol–water partition coefficient (Wildman–Crippen LogP) is 3.35. The molecule has 148 valence electrons. The maximum atomic E-state index is 12.1. The molecule has 2 aromatic heterocycles. The maximum Gasteiger partial charge on any atom is 0.234 e. The number of piperidine rings is 1. The minimum Gasteiger partial charge on any atom is -0.369 e. The number of aryl methyl sites for hydroxylation is 2. The van der Waals surface area contributed by atoms with Crippen LogP contribution in [0.4, 0.5) is 5.82 Å². The van der Waals surface area contributed by atoms with Crippen LogP contribution in [0.15, 0.2) is 5.38 Å². The van der Waals surface area contributed by atoms with Gasteiger partial charge >= 0.3 is 0 Å². The van der Waals surface area contributed by atoms with Crippen LogP contribution in [-0.4, -0.2) is 52.5 Å². The number of aromatic nitrogens is 2. The van der Waals surface area contributed by atoms with Crippen molar-refractivity contribution >= 4 is 33.3 Å². The van der Waals surface area contributed by atoms with Crippen molar-refractivity contribution in [3.05, 3.63) is 16.8 Å². The summed E-state index contributed by atoms with van der Waals surface area (Å²) in [6, 6.07) is 0. The molecule has 2 N–H and O–H groups in total. The molecule has 27 heavy (non-hydrogen) atoms. The normalized spacial score (nSPS) is 16.6. The number of fused-ring (bicyclic) bond motifs is 1. The summed E-state index contributed by atoms with van der Waals surface area (Å²) in [4.78, 5) is 24.6. The molecule has 0 aliphatic carbocycles. The molecular formula is C20H31N5OS. The summed E-state index contributed by atoms with van der Waals surface area (Å²) in [6.07, 6.45) is 2.21. The van der Waals surface area contributed by atoms with Gasteiger partial charge in [-0.3, -0.25) is 9.69 Å². The number of rotatable bonds is 5. The van der Waals surface area contributed by atoms with Gasteiger partial charge in [-0.25, -0.2) is 9.97 Å². The Morgan fingerprint density at radius 1 is 1.26 bits per heavy atom. The van der Waals surface area contributed by atoms with Crippen molar-refractivity contribution in [3.63, 3.8) is 0 Å². The molecule has 7 heteroatoms. The smallest absolute Gasteiger partial charge is 0.234 e. The van der Waals surface area contributed by atoms with Crippen molar-refractivity contribution in [1.29, 1.82) is 0 Å². The minimum atomic E-state index is -0.167. The van der Waals surface area contributed by atoms with E-state index in [0.29, 0.717) is 12.5 Å². The molecule has 0 saturated carbocycles. The molecule has 3 rings (SSSR count). The van der Waals surface area contributed by atoms with Crippen molar-refractivity contribution in [2.24, 2.45) is 5.92 Å². The number of carbonyl (C=O) groups is 1. The van der Waals surface area contributed by atoms with Gasteiger partial charge in [0.15, 0.2) is 0 Å². The van der Waals surface area contributed by atoms with Gasteiger partial charge < -0.3 is 10.6 Å². The van der Waals surface area contributed by atoms with E-state index in [4.69, 9.17) is 0 Å². The predicted molar refractivity (Wildman–Crippen MR) is 112 cm³/mol. The molecule has 0 bridgehead atoms. The fourth-order valence-electron chi connectivity index (χ4n) is 3.57. The fraction of sp³-hybridized carbons (Fsp3) is 0.650. The number of nitrogens with one attached hydrogen (secondary N) is 2. The van der Waals surface area contributed by atoms with E-state index in [-0.39, 0.29) is 11.4 Å². The van der Waals surface area contributed by atoms with Gasteiger partial charge in [0, 0.05) is 12.1 Å². The van der Waals surface area contributed by atoms with Crippen LogP contribution in [0.3, 0.4) is 0 Å². The van der Waals surface area contributed by atoms with Gasteiger partial charge in [0.05, 0.1) is 11.9 Å². The largest absolute Gasteiger partial charge is 0.369 e. The number of likely N-dealkylation sites (tertiary alicyclic amines) is 1. The van der Waals surface area contributed by atoms with Crippen LogP contribution in [0.5, 0.6) is 0 Å². The van der Waals surface area contributed by atoms with Gasteiger partial charge in [-0.2, -0.15) is 0 Å². The van der Waals surface area contributed by atoms with Gasteiger partial charge in [-0.15, -0.1) is 11.3 Å². The van der Waals surface area contributed by atoms with E-state index in [1.165, 1.54) is 5.56 Å². The molecular weight excluding hydrogens is 358 g/mol. The fourth-order valence-corrected chi connectivity index (χ4v) is 4.54. The quantitative estimate of drug-likeness (QED) is 0.821. The highest BCUT2D eigenvalue weighted by atomic mass is 32.1. The Balaban J connectivity index is 1.50. The number of amides is 1. The standard InChI is InChI=1S/C20H31N5OS/c1-13-12-27-19-17(13)18(22-14(2)23-19)21-10-15-6-8-25(9-7-15)11-16(26)24-20(3,4)5/h12,15H,6-11H2,1-5H3,(H,24,26)(H,21,22,23). The molecule has 0 spiro atoms. The van der Waals surface area contributed by atoms with Crippen molar-refractivity contribution < 1.29 is 4.79 Å². The molecule has 6 nitrogen and oxygen atoms in total. The Kier molecular flexibility index (Phi) is 6.01. The van der Waals surface area contributed by atoms with Gasteiger partial charge in [0.2, 0.25) is 5.91 Å². The minimum absolute atomic E-state index is 0.117. The summed E-state index contributed by atoms with van der Waals surface area (Å²) in [5, 5.41) is 9.91. The third-order valence-corrected chi connectivity index (χ3v) is 5.87. The maximum absolute atomic E-state index is 12.1. The number of nitrogens with zero attached hydrogens (tertiary/aromatic N) is 3. The van der Waals surface area contributed by atoms with Gasteiger partial charge in [-0.05, 0) is 77.4 Å². The average molecular weight is 390 g/mol. The molecule has 0 aromatic carbocycles. The lowest BCUT2D eigenvalue weighted by molar-refractivity contribution is -0.124. The first-order valence-electron chi connectivity index (χ1n) is 9.71. The second-order valence-corrected chi connectivity index (χ2v) is 9.47. The zero-order chi connectivity index (χ0) is 19.6. The number of hydrogen-bond donors (Lipinski definition) is 2. The van der Waals surface area contributed by atoms with Gasteiger partial charge in [0.1, 0.15) is 16.5 Å². The average Bonchev–Trinajstić information content (AvgIpc) is 2.93. The summed E-state index contributed by atoms with van der Waals surface area (Å²) >= 11 is 1.68. The molecule has 1 saturated heterocycles. The number of carbonyl (C=O) groups excluding carboxylic acids is 1. The molecule has 1 amide bonds.